The Morgan fingerprint density at radius 2 is 2.32 bits per heavy atom. The van der Waals surface area contributed by atoms with E-state index in [4.69, 9.17) is 20.9 Å². The van der Waals surface area contributed by atoms with Crippen LogP contribution in [0, 0.1) is 0 Å². The van der Waals surface area contributed by atoms with Gasteiger partial charge in [0.1, 0.15) is 6.04 Å². The summed E-state index contributed by atoms with van der Waals surface area (Å²) in [5, 5.41) is 4.47. The first-order chi connectivity index (χ1) is 10.8. The topological polar surface area (TPSA) is 68.5 Å². The number of rotatable bonds is 4. The number of hydrogen-bond donors (Lipinski definition) is 0. The fourth-order valence-electron chi connectivity index (χ4n) is 2.23. The summed E-state index contributed by atoms with van der Waals surface area (Å²) in [7, 11) is 0. The summed E-state index contributed by atoms with van der Waals surface area (Å²) in [4.78, 5) is 19.2. The number of carbonyl (C=O) groups excluding carboxylic acids is 1. The van der Waals surface area contributed by atoms with Crippen molar-refractivity contribution in [1.29, 1.82) is 0 Å². The maximum Gasteiger partial charge on any atom is 0.233 e. The largest absolute Gasteiger partial charge is 0.377 e. The Morgan fingerprint density at radius 3 is 3.09 bits per heavy atom. The van der Waals surface area contributed by atoms with E-state index >= 15 is 0 Å². The van der Waals surface area contributed by atoms with Crippen LogP contribution < -0.4 is 0 Å². The number of hydrogen-bond acceptors (Lipinski definition) is 6. The van der Waals surface area contributed by atoms with Gasteiger partial charge in [-0.25, -0.2) is 0 Å². The average molecular weight is 340 g/mol. The molecule has 6 nitrogen and oxygen atoms in total. The molecular weight excluding hydrogens is 326 g/mol. The molecule has 116 valence electrons. The highest BCUT2D eigenvalue weighted by atomic mass is 35.5. The Bertz CT molecular complexity index is 638. The minimum Gasteiger partial charge on any atom is -0.377 e. The molecule has 0 N–H and O–H groups in total. The summed E-state index contributed by atoms with van der Waals surface area (Å²) in [5.41, 5.74) is 0. The van der Waals surface area contributed by atoms with Gasteiger partial charge in [-0.05, 0) is 12.1 Å². The number of nitrogens with zero attached hydrogens (tertiary/aromatic N) is 3. The van der Waals surface area contributed by atoms with Gasteiger partial charge in [-0.3, -0.25) is 4.79 Å². The van der Waals surface area contributed by atoms with Gasteiger partial charge in [-0.15, -0.1) is 11.8 Å². The van der Waals surface area contributed by atoms with E-state index in [9.17, 15) is 4.79 Å². The van der Waals surface area contributed by atoms with Crippen molar-refractivity contribution in [3.8, 4) is 0 Å². The van der Waals surface area contributed by atoms with Crippen LogP contribution in [0.2, 0.25) is 5.02 Å². The van der Waals surface area contributed by atoms with Gasteiger partial charge in [-0.1, -0.05) is 28.9 Å². The molecule has 8 heteroatoms. The zero-order valence-corrected chi connectivity index (χ0v) is 13.2. The van der Waals surface area contributed by atoms with Crippen LogP contribution >= 0.6 is 23.4 Å². The molecule has 1 fully saturated rings. The molecule has 0 unspecified atom stereocenters. The minimum absolute atomic E-state index is 0.00280. The molecule has 0 aliphatic carbocycles. The van der Waals surface area contributed by atoms with E-state index in [-0.39, 0.29) is 11.9 Å². The van der Waals surface area contributed by atoms with Crippen molar-refractivity contribution in [1.82, 2.24) is 15.0 Å². The second-order valence-electron chi connectivity index (χ2n) is 4.69. The molecule has 0 saturated carbocycles. The molecule has 0 radical (unpaired) electrons. The predicted molar refractivity (Wildman–Crippen MR) is 81.7 cm³/mol. The standard InChI is InChI=1S/C14H14ClN3O3S/c15-10-3-1-2-4-12(10)22-8-13(19)18-5-6-20-7-11(18)14-16-9-21-17-14/h1-4,9,11H,5-8H2/t11-/m0/s1. The second kappa shape index (κ2) is 7.13. The number of morpholine rings is 1. The third-order valence-corrected chi connectivity index (χ3v) is 4.81. The monoisotopic (exact) mass is 339 g/mol. The van der Waals surface area contributed by atoms with Gasteiger partial charge in [0.25, 0.3) is 0 Å². The predicted octanol–water partition coefficient (Wildman–Crippen LogP) is 2.42. The van der Waals surface area contributed by atoms with Gasteiger partial charge in [0, 0.05) is 11.4 Å². The summed E-state index contributed by atoms with van der Waals surface area (Å²) in [6, 6.07) is 7.17. The molecule has 1 aliphatic rings. The summed E-state index contributed by atoms with van der Waals surface area (Å²) < 4.78 is 10.2. The minimum atomic E-state index is -0.299. The highest BCUT2D eigenvalue weighted by molar-refractivity contribution is 8.00. The van der Waals surface area contributed by atoms with Gasteiger partial charge in [0.05, 0.1) is 24.0 Å². The Balaban J connectivity index is 1.66. The van der Waals surface area contributed by atoms with E-state index in [1.807, 2.05) is 24.3 Å². The van der Waals surface area contributed by atoms with Crippen LogP contribution in [0.5, 0.6) is 0 Å². The Hall–Kier alpha value is -1.57. The summed E-state index contributed by atoms with van der Waals surface area (Å²) >= 11 is 7.53. The molecule has 1 aliphatic heterocycles. The van der Waals surface area contributed by atoms with Crippen molar-refractivity contribution in [3.05, 3.63) is 41.5 Å². The lowest BCUT2D eigenvalue weighted by atomic mass is 10.2. The molecule has 2 aromatic rings. The zero-order valence-electron chi connectivity index (χ0n) is 11.6. The first-order valence-electron chi connectivity index (χ1n) is 6.76. The van der Waals surface area contributed by atoms with Crippen LogP contribution in [0.1, 0.15) is 11.9 Å². The molecule has 1 aromatic heterocycles. The SMILES string of the molecule is O=C(CSc1ccccc1Cl)N1CCOC[C@H]1c1ncon1. The number of amides is 1. The van der Waals surface area contributed by atoms with Crippen LogP contribution in [0.25, 0.3) is 0 Å². The van der Waals surface area contributed by atoms with E-state index in [0.29, 0.717) is 36.4 Å². The average Bonchev–Trinajstić information content (AvgIpc) is 3.08. The van der Waals surface area contributed by atoms with Gasteiger partial charge in [-0.2, -0.15) is 4.98 Å². The summed E-state index contributed by atoms with van der Waals surface area (Å²) in [6.45, 7) is 1.40. The summed E-state index contributed by atoms with van der Waals surface area (Å²) in [6.07, 6.45) is 1.26. The quantitative estimate of drug-likeness (QED) is 0.797. The number of carbonyl (C=O) groups is 1. The van der Waals surface area contributed by atoms with Crippen LogP contribution in [0.4, 0.5) is 0 Å². The molecule has 1 saturated heterocycles. The zero-order chi connectivity index (χ0) is 15.4. The Labute approximate surface area is 136 Å². The van der Waals surface area contributed by atoms with Gasteiger partial charge in [0.15, 0.2) is 5.82 Å². The van der Waals surface area contributed by atoms with Crippen LogP contribution in [0.15, 0.2) is 40.1 Å². The van der Waals surface area contributed by atoms with E-state index in [2.05, 4.69) is 10.1 Å². The number of benzene rings is 1. The molecular formula is C14H14ClN3O3S. The molecule has 22 heavy (non-hydrogen) atoms. The normalized spacial score (nSPS) is 18.4. The smallest absolute Gasteiger partial charge is 0.233 e. The maximum atomic E-state index is 12.5. The fraction of sp³-hybridized carbons (Fsp3) is 0.357. The first kappa shape index (κ1) is 15.3. The second-order valence-corrected chi connectivity index (χ2v) is 6.11. The Morgan fingerprint density at radius 1 is 1.45 bits per heavy atom. The van der Waals surface area contributed by atoms with Crippen LogP contribution in [-0.2, 0) is 9.53 Å². The van der Waals surface area contributed by atoms with Gasteiger partial charge in [0.2, 0.25) is 12.3 Å². The van der Waals surface area contributed by atoms with Crippen molar-refractivity contribution in [2.75, 3.05) is 25.5 Å². The highest BCUT2D eigenvalue weighted by Gasteiger charge is 2.31. The molecule has 3 rings (SSSR count). The van der Waals surface area contributed by atoms with Crippen molar-refractivity contribution in [2.45, 2.75) is 10.9 Å². The van der Waals surface area contributed by atoms with E-state index in [0.717, 1.165) is 4.90 Å². The number of aromatic nitrogens is 2. The lowest BCUT2D eigenvalue weighted by molar-refractivity contribution is -0.137. The third-order valence-electron chi connectivity index (χ3n) is 3.31. The van der Waals surface area contributed by atoms with Crippen LogP contribution in [0.3, 0.4) is 0 Å². The van der Waals surface area contributed by atoms with Crippen molar-refractivity contribution in [3.63, 3.8) is 0 Å². The van der Waals surface area contributed by atoms with Crippen molar-refractivity contribution in [2.24, 2.45) is 0 Å². The fourth-order valence-corrected chi connectivity index (χ4v) is 3.35. The molecule has 2 heterocycles. The third kappa shape index (κ3) is 3.43. The first-order valence-corrected chi connectivity index (χ1v) is 8.13. The molecule has 1 amide bonds. The number of halogens is 1. The van der Waals surface area contributed by atoms with Gasteiger partial charge >= 0.3 is 0 Å². The van der Waals surface area contributed by atoms with Crippen molar-refractivity contribution >= 4 is 29.3 Å². The molecule has 0 bridgehead atoms. The molecule has 0 spiro atoms. The lowest BCUT2D eigenvalue weighted by Gasteiger charge is -2.33. The van der Waals surface area contributed by atoms with Crippen molar-refractivity contribution < 1.29 is 14.1 Å². The number of ether oxygens (including phenoxy) is 1. The van der Waals surface area contributed by atoms with E-state index in [1.165, 1.54) is 18.2 Å². The van der Waals surface area contributed by atoms with Crippen LogP contribution in [-0.4, -0.2) is 46.5 Å². The highest BCUT2D eigenvalue weighted by Crippen LogP contribution is 2.28. The summed E-state index contributed by atoms with van der Waals surface area (Å²) in [5.74, 6) is 0.775. The molecule has 1 atom stereocenters. The van der Waals surface area contributed by atoms with E-state index < -0.39 is 0 Å². The maximum absolute atomic E-state index is 12.5. The Kier molecular flexibility index (Phi) is 4.97. The van der Waals surface area contributed by atoms with Gasteiger partial charge < -0.3 is 14.2 Å². The molecule has 1 aromatic carbocycles. The lowest BCUT2D eigenvalue weighted by Crippen LogP contribution is -2.44. The van der Waals surface area contributed by atoms with E-state index in [1.54, 1.807) is 4.90 Å². The number of thioether (sulfide) groups is 1.